The van der Waals surface area contributed by atoms with Crippen molar-refractivity contribution in [2.24, 2.45) is 5.92 Å². The maximum absolute atomic E-state index is 12.6. The van der Waals surface area contributed by atoms with Crippen molar-refractivity contribution in [3.63, 3.8) is 0 Å². The monoisotopic (exact) mass is 302 g/mol. The number of benzene rings is 1. The standard InChI is InChI=1S/C17H22N2O3/c1-12-11-18(9-7-15(12)20)17(22)13-4-2-5-14(10-13)19-8-3-6-16(19)21/h2,4-5,10,12,15,20H,3,6-9,11H2,1H3. The molecule has 1 aromatic carbocycles. The Balaban J connectivity index is 1.77. The molecule has 2 aliphatic rings. The van der Waals surface area contributed by atoms with E-state index in [1.807, 2.05) is 19.1 Å². The van der Waals surface area contributed by atoms with E-state index in [1.54, 1.807) is 21.9 Å². The molecule has 0 bridgehead atoms. The van der Waals surface area contributed by atoms with Crippen molar-refractivity contribution in [1.29, 1.82) is 0 Å². The van der Waals surface area contributed by atoms with Crippen LogP contribution in [0.4, 0.5) is 5.69 Å². The largest absolute Gasteiger partial charge is 0.393 e. The minimum atomic E-state index is -0.322. The highest BCUT2D eigenvalue weighted by Crippen LogP contribution is 2.24. The Kier molecular flexibility index (Phi) is 4.16. The van der Waals surface area contributed by atoms with Crippen LogP contribution in [0.1, 0.15) is 36.5 Å². The molecule has 2 fully saturated rings. The van der Waals surface area contributed by atoms with Crippen molar-refractivity contribution >= 4 is 17.5 Å². The lowest BCUT2D eigenvalue weighted by molar-refractivity contribution is -0.117. The molecule has 118 valence electrons. The Morgan fingerprint density at radius 3 is 2.82 bits per heavy atom. The number of aliphatic hydroxyl groups is 1. The van der Waals surface area contributed by atoms with E-state index in [1.165, 1.54) is 0 Å². The number of hydrogen-bond donors (Lipinski definition) is 1. The molecule has 3 rings (SSSR count). The van der Waals surface area contributed by atoms with Gasteiger partial charge in [-0.05, 0) is 37.0 Å². The van der Waals surface area contributed by atoms with Crippen LogP contribution in [-0.4, -0.2) is 47.6 Å². The first-order chi connectivity index (χ1) is 10.6. The molecule has 2 aliphatic heterocycles. The summed E-state index contributed by atoms with van der Waals surface area (Å²) in [5, 5.41) is 9.78. The second kappa shape index (κ2) is 6.08. The first-order valence-electron chi connectivity index (χ1n) is 7.94. The molecule has 1 aromatic rings. The normalized spacial score (nSPS) is 25.6. The van der Waals surface area contributed by atoms with Gasteiger partial charge in [-0.2, -0.15) is 0 Å². The molecule has 0 aromatic heterocycles. The van der Waals surface area contributed by atoms with Crippen LogP contribution in [0.5, 0.6) is 0 Å². The average molecular weight is 302 g/mol. The molecule has 0 spiro atoms. The predicted molar refractivity (Wildman–Crippen MR) is 83.7 cm³/mol. The van der Waals surface area contributed by atoms with E-state index in [2.05, 4.69) is 0 Å². The van der Waals surface area contributed by atoms with Gasteiger partial charge in [0.05, 0.1) is 6.10 Å². The van der Waals surface area contributed by atoms with Crippen LogP contribution in [0.25, 0.3) is 0 Å². The topological polar surface area (TPSA) is 60.9 Å². The summed E-state index contributed by atoms with van der Waals surface area (Å²) < 4.78 is 0. The maximum Gasteiger partial charge on any atom is 0.253 e. The number of carbonyl (C=O) groups excluding carboxylic acids is 2. The highest BCUT2D eigenvalue weighted by atomic mass is 16.3. The second-order valence-electron chi connectivity index (χ2n) is 6.28. The second-order valence-corrected chi connectivity index (χ2v) is 6.28. The minimum absolute atomic E-state index is 0.0211. The van der Waals surface area contributed by atoms with Crippen LogP contribution in [0.15, 0.2) is 24.3 Å². The van der Waals surface area contributed by atoms with Crippen LogP contribution in [-0.2, 0) is 4.79 Å². The van der Waals surface area contributed by atoms with Gasteiger partial charge in [-0.15, -0.1) is 0 Å². The molecule has 0 aliphatic carbocycles. The van der Waals surface area contributed by atoms with Gasteiger partial charge < -0.3 is 14.9 Å². The van der Waals surface area contributed by atoms with E-state index in [4.69, 9.17) is 0 Å². The number of amides is 2. The molecule has 2 saturated heterocycles. The predicted octanol–water partition coefficient (Wildman–Crippen LogP) is 1.66. The van der Waals surface area contributed by atoms with E-state index in [9.17, 15) is 14.7 Å². The van der Waals surface area contributed by atoms with Gasteiger partial charge >= 0.3 is 0 Å². The zero-order valence-electron chi connectivity index (χ0n) is 12.9. The van der Waals surface area contributed by atoms with Gasteiger partial charge in [-0.3, -0.25) is 9.59 Å². The maximum atomic E-state index is 12.6. The van der Waals surface area contributed by atoms with Gasteiger partial charge in [0.1, 0.15) is 0 Å². The smallest absolute Gasteiger partial charge is 0.253 e. The molecular weight excluding hydrogens is 280 g/mol. The van der Waals surface area contributed by atoms with Crippen molar-refractivity contribution in [1.82, 2.24) is 4.90 Å². The highest BCUT2D eigenvalue weighted by molar-refractivity contribution is 5.99. The van der Waals surface area contributed by atoms with Gasteiger partial charge in [0.15, 0.2) is 0 Å². The Labute approximate surface area is 130 Å². The molecule has 2 atom stereocenters. The fraction of sp³-hybridized carbons (Fsp3) is 0.529. The Hall–Kier alpha value is -1.88. The van der Waals surface area contributed by atoms with Crippen LogP contribution in [0.3, 0.4) is 0 Å². The van der Waals surface area contributed by atoms with Crippen LogP contribution in [0.2, 0.25) is 0 Å². The number of piperidine rings is 1. The van der Waals surface area contributed by atoms with Gasteiger partial charge in [-0.25, -0.2) is 0 Å². The number of anilines is 1. The van der Waals surface area contributed by atoms with Gasteiger partial charge in [0, 0.05) is 37.3 Å². The first kappa shape index (κ1) is 15.0. The number of rotatable bonds is 2. The number of aliphatic hydroxyl groups excluding tert-OH is 1. The zero-order chi connectivity index (χ0) is 15.7. The summed E-state index contributed by atoms with van der Waals surface area (Å²) in [6.07, 6.45) is 1.76. The molecular formula is C17H22N2O3. The zero-order valence-corrected chi connectivity index (χ0v) is 12.9. The molecule has 0 radical (unpaired) electrons. The molecule has 22 heavy (non-hydrogen) atoms. The molecule has 2 amide bonds. The Bertz CT molecular complexity index is 587. The fourth-order valence-corrected chi connectivity index (χ4v) is 3.23. The van der Waals surface area contributed by atoms with E-state index in [0.29, 0.717) is 31.5 Å². The summed E-state index contributed by atoms with van der Waals surface area (Å²) in [6, 6.07) is 7.31. The summed E-state index contributed by atoms with van der Waals surface area (Å²) in [5.41, 5.74) is 1.42. The molecule has 1 N–H and O–H groups in total. The third-order valence-electron chi connectivity index (χ3n) is 4.63. The Morgan fingerprint density at radius 2 is 2.14 bits per heavy atom. The number of hydrogen-bond acceptors (Lipinski definition) is 3. The number of likely N-dealkylation sites (tertiary alicyclic amines) is 1. The van der Waals surface area contributed by atoms with Crippen molar-refractivity contribution < 1.29 is 14.7 Å². The molecule has 5 nitrogen and oxygen atoms in total. The summed E-state index contributed by atoms with van der Waals surface area (Å²) in [4.78, 5) is 28.0. The minimum Gasteiger partial charge on any atom is -0.393 e. The van der Waals surface area contributed by atoms with E-state index < -0.39 is 0 Å². The van der Waals surface area contributed by atoms with Gasteiger partial charge in [0.2, 0.25) is 5.91 Å². The third-order valence-corrected chi connectivity index (χ3v) is 4.63. The number of nitrogens with zero attached hydrogens (tertiary/aromatic N) is 2. The van der Waals surface area contributed by atoms with Crippen LogP contribution < -0.4 is 4.90 Å². The first-order valence-corrected chi connectivity index (χ1v) is 7.94. The van der Waals surface area contributed by atoms with Crippen LogP contribution in [0, 0.1) is 5.92 Å². The van der Waals surface area contributed by atoms with Gasteiger partial charge in [0.25, 0.3) is 5.91 Å². The SMILES string of the molecule is CC1CN(C(=O)c2cccc(N3CCCC3=O)c2)CCC1O. The van der Waals surface area contributed by atoms with Crippen molar-refractivity contribution in [2.75, 3.05) is 24.5 Å². The highest BCUT2D eigenvalue weighted by Gasteiger charge is 2.28. The molecule has 0 saturated carbocycles. The summed E-state index contributed by atoms with van der Waals surface area (Å²) >= 11 is 0. The summed E-state index contributed by atoms with van der Waals surface area (Å²) in [5.74, 6) is 0.201. The van der Waals surface area contributed by atoms with Crippen LogP contribution >= 0.6 is 0 Å². The van der Waals surface area contributed by atoms with Gasteiger partial charge in [-0.1, -0.05) is 13.0 Å². The van der Waals surface area contributed by atoms with E-state index in [-0.39, 0.29) is 23.8 Å². The number of carbonyl (C=O) groups is 2. The Morgan fingerprint density at radius 1 is 1.32 bits per heavy atom. The summed E-state index contributed by atoms with van der Waals surface area (Å²) in [7, 11) is 0. The molecule has 5 heteroatoms. The molecule has 2 unspecified atom stereocenters. The lowest BCUT2D eigenvalue weighted by Crippen LogP contribution is -2.45. The van der Waals surface area contributed by atoms with E-state index in [0.717, 1.165) is 18.7 Å². The van der Waals surface area contributed by atoms with Crippen molar-refractivity contribution in [3.8, 4) is 0 Å². The van der Waals surface area contributed by atoms with Crippen molar-refractivity contribution in [3.05, 3.63) is 29.8 Å². The lowest BCUT2D eigenvalue weighted by atomic mass is 9.96. The van der Waals surface area contributed by atoms with Crippen molar-refractivity contribution in [2.45, 2.75) is 32.3 Å². The quantitative estimate of drug-likeness (QED) is 0.904. The van der Waals surface area contributed by atoms with E-state index >= 15 is 0 Å². The fourth-order valence-electron chi connectivity index (χ4n) is 3.23. The third kappa shape index (κ3) is 2.86. The summed E-state index contributed by atoms with van der Waals surface area (Å²) in [6.45, 7) is 3.84. The lowest BCUT2D eigenvalue weighted by Gasteiger charge is -2.34. The molecule has 2 heterocycles. The average Bonchev–Trinajstić information content (AvgIpc) is 2.95.